The Morgan fingerprint density at radius 3 is 2.89 bits per heavy atom. The Bertz CT molecular complexity index is 943. The van der Waals surface area contributed by atoms with Gasteiger partial charge in [0.15, 0.2) is 18.2 Å². The van der Waals surface area contributed by atoms with Crippen molar-refractivity contribution >= 4 is 27.5 Å². The first kappa shape index (κ1) is 17.9. The molecule has 3 aromatic rings. The highest BCUT2D eigenvalue weighted by molar-refractivity contribution is 7.18. The Labute approximate surface area is 159 Å². The van der Waals surface area contributed by atoms with Gasteiger partial charge in [0.25, 0.3) is 5.91 Å². The lowest BCUT2D eigenvalue weighted by Crippen LogP contribution is -2.41. The van der Waals surface area contributed by atoms with Crippen LogP contribution in [0.25, 0.3) is 10.2 Å². The molecular formula is C20H18F2N2O2S. The fraction of sp³-hybridized carbons (Fsp3) is 0.300. The molecule has 1 atom stereocenters. The summed E-state index contributed by atoms with van der Waals surface area (Å²) in [7, 11) is 0. The van der Waals surface area contributed by atoms with Crippen LogP contribution in [0, 0.1) is 11.6 Å². The number of halogens is 2. The van der Waals surface area contributed by atoms with Gasteiger partial charge in [0.05, 0.1) is 15.2 Å². The van der Waals surface area contributed by atoms with Gasteiger partial charge < -0.3 is 9.64 Å². The van der Waals surface area contributed by atoms with Crippen LogP contribution in [0.1, 0.15) is 23.8 Å². The normalized spacial score (nSPS) is 17.3. The smallest absolute Gasteiger partial charge is 0.260 e. The quantitative estimate of drug-likeness (QED) is 0.667. The molecule has 1 saturated heterocycles. The molecule has 0 aliphatic carbocycles. The number of hydrogen-bond acceptors (Lipinski definition) is 4. The highest BCUT2D eigenvalue weighted by Gasteiger charge is 2.27. The molecule has 4 nitrogen and oxygen atoms in total. The Hall–Kier alpha value is -2.54. The first-order chi connectivity index (χ1) is 13.1. The Morgan fingerprint density at radius 1 is 1.22 bits per heavy atom. The second-order valence-corrected chi connectivity index (χ2v) is 7.63. The number of likely N-dealkylation sites (tertiary alicyclic amines) is 1. The zero-order valence-electron chi connectivity index (χ0n) is 14.5. The molecule has 1 aliphatic rings. The lowest BCUT2D eigenvalue weighted by Gasteiger charge is -2.31. The van der Waals surface area contributed by atoms with E-state index >= 15 is 0 Å². The van der Waals surface area contributed by atoms with Crippen LogP contribution in [-0.4, -0.2) is 35.5 Å². The maximum Gasteiger partial charge on any atom is 0.260 e. The number of amides is 1. The van der Waals surface area contributed by atoms with E-state index in [9.17, 15) is 13.6 Å². The number of piperidine rings is 1. The van der Waals surface area contributed by atoms with E-state index in [-0.39, 0.29) is 24.2 Å². The highest BCUT2D eigenvalue weighted by atomic mass is 32.1. The molecule has 1 fully saturated rings. The number of carbonyl (C=O) groups is 1. The Morgan fingerprint density at radius 2 is 2.07 bits per heavy atom. The number of para-hydroxylation sites is 1. The van der Waals surface area contributed by atoms with Crippen LogP contribution in [0.4, 0.5) is 8.78 Å². The number of fused-ring (bicyclic) bond motifs is 1. The number of hydrogen-bond donors (Lipinski definition) is 0. The first-order valence-electron chi connectivity index (χ1n) is 8.81. The third kappa shape index (κ3) is 3.93. The van der Waals surface area contributed by atoms with Crippen molar-refractivity contribution in [2.75, 3.05) is 19.7 Å². The third-order valence-electron chi connectivity index (χ3n) is 4.69. The molecule has 2 heterocycles. The Kier molecular flexibility index (Phi) is 5.03. The van der Waals surface area contributed by atoms with Crippen LogP contribution in [-0.2, 0) is 4.79 Å². The minimum Gasteiger partial charge on any atom is -0.484 e. The second-order valence-electron chi connectivity index (χ2n) is 6.56. The fourth-order valence-electron chi connectivity index (χ4n) is 3.27. The minimum absolute atomic E-state index is 0.141. The van der Waals surface area contributed by atoms with Gasteiger partial charge in [-0.05, 0) is 37.1 Å². The molecule has 0 N–H and O–H groups in total. The lowest BCUT2D eigenvalue weighted by molar-refractivity contribution is -0.134. The van der Waals surface area contributed by atoms with E-state index in [1.54, 1.807) is 16.2 Å². The van der Waals surface area contributed by atoms with Crippen LogP contribution in [0.5, 0.6) is 5.75 Å². The van der Waals surface area contributed by atoms with Crippen LogP contribution in [0.3, 0.4) is 0 Å². The number of ether oxygens (including phenoxy) is 1. The third-order valence-corrected chi connectivity index (χ3v) is 5.89. The summed E-state index contributed by atoms with van der Waals surface area (Å²) in [5.41, 5.74) is 0.989. The van der Waals surface area contributed by atoms with Crippen LogP contribution in [0.2, 0.25) is 0 Å². The van der Waals surface area contributed by atoms with Gasteiger partial charge >= 0.3 is 0 Å². The average molecular weight is 388 g/mol. The predicted octanol–water partition coefficient (Wildman–Crippen LogP) is 4.36. The van der Waals surface area contributed by atoms with Crippen molar-refractivity contribution in [3.05, 3.63) is 59.1 Å². The van der Waals surface area contributed by atoms with Crippen molar-refractivity contribution in [2.45, 2.75) is 18.8 Å². The summed E-state index contributed by atoms with van der Waals surface area (Å²) in [6.07, 6.45) is 1.89. The van der Waals surface area contributed by atoms with Crippen molar-refractivity contribution in [1.29, 1.82) is 0 Å². The van der Waals surface area contributed by atoms with E-state index in [0.29, 0.717) is 13.1 Å². The van der Waals surface area contributed by atoms with Gasteiger partial charge in [-0.1, -0.05) is 12.1 Å². The lowest BCUT2D eigenvalue weighted by atomic mass is 9.99. The topological polar surface area (TPSA) is 42.4 Å². The Balaban J connectivity index is 1.39. The molecular weight excluding hydrogens is 370 g/mol. The van der Waals surface area contributed by atoms with Gasteiger partial charge in [0, 0.05) is 25.1 Å². The summed E-state index contributed by atoms with van der Waals surface area (Å²) in [4.78, 5) is 19.0. The molecule has 0 spiro atoms. The SMILES string of the molecule is O=C(COc1ccc(F)c(F)c1)N1CCC[C@H](c2nc3ccccc3s2)C1. The maximum absolute atomic E-state index is 13.2. The van der Waals surface area contributed by atoms with Gasteiger partial charge in [-0.25, -0.2) is 13.8 Å². The maximum atomic E-state index is 13.2. The van der Waals surface area contributed by atoms with Gasteiger partial charge in [-0.2, -0.15) is 0 Å². The van der Waals surface area contributed by atoms with E-state index in [2.05, 4.69) is 6.07 Å². The number of nitrogens with zero attached hydrogens (tertiary/aromatic N) is 2. The van der Waals surface area contributed by atoms with Crippen LogP contribution in [0.15, 0.2) is 42.5 Å². The average Bonchev–Trinajstić information content (AvgIpc) is 3.13. The van der Waals surface area contributed by atoms with E-state index in [1.807, 2.05) is 18.2 Å². The molecule has 0 unspecified atom stereocenters. The summed E-state index contributed by atoms with van der Waals surface area (Å²) in [6, 6.07) is 11.3. The first-order valence-corrected chi connectivity index (χ1v) is 9.63. The van der Waals surface area contributed by atoms with Gasteiger partial charge in [-0.3, -0.25) is 4.79 Å². The summed E-state index contributed by atoms with van der Waals surface area (Å²) in [6.45, 7) is 1.07. The van der Waals surface area contributed by atoms with Crippen molar-refractivity contribution in [1.82, 2.24) is 9.88 Å². The number of aromatic nitrogens is 1. The number of rotatable bonds is 4. The van der Waals surface area contributed by atoms with E-state index in [4.69, 9.17) is 9.72 Å². The minimum atomic E-state index is -0.992. The number of thiazole rings is 1. The van der Waals surface area contributed by atoms with Gasteiger partial charge in [0.2, 0.25) is 0 Å². The molecule has 0 bridgehead atoms. The van der Waals surface area contributed by atoms with E-state index < -0.39 is 11.6 Å². The molecule has 1 aliphatic heterocycles. The van der Waals surface area contributed by atoms with Gasteiger partial charge in [-0.15, -0.1) is 11.3 Å². The van der Waals surface area contributed by atoms with E-state index in [1.165, 1.54) is 6.07 Å². The van der Waals surface area contributed by atoms with Crippen molar-refractivity contribution in [2.24, 2.45) is 0 Å². The molecule has 1 amide bonds. The monoisotopic (exact) mass is 388 g/mol. The summed E-state index contributed by atoms with van der Waals surface area (Å²) < 4.78 is 32.7. The zero-order valence-corrected chi connectivity index (χ0v) is 15.3. The van der Waals surface area contributed by atoms with E-state index in [0.717, 1.165) is 40.2 Å². The van der Waals surface area contributed by atoms with Crippen molar-refractivity contribution in [3.63, 3.8) is 0 Å². The summed E-state index contributed by atoms with van der Waals surface area (Å²) >= 11 is 1.67. The fourth-order valence-corrected chi connectivity index (χ4v) is 4.37. The molecule has 1 aromatic heterocycles. The highest BCUT2D eigenvalue weighted by Crippen LogP contribution is 2.33. The van der Waals surface area contributed by atoms with Crippen molar-refractivity contribution in [3.8, 4) is 5.75 Å². The molecule has 140 valence electrons. The molecule has 0 saturated carbocycles. The molecule has 27 heavy (non-hydrogen) atoms. The standard InChI is InChI=1S/C20H18F2N2O2S/c21-15-8-7-14(10-16(15)22)26-12-19(25)24-9-3-4-13(11-24)20-23-17-5-1-2-6-18(17)27-20/h1-2,5-8,10,13H,3-4,9,11-12H2/t13-/m0/s1. The predicted molar refractivity (Wildman–Crippen MR) is 100 cm³/mol. The number of carbonyl (C=O) groups excluding carboxylic acids is 1. The zero-order chi connectivity index (χ0) is 18.8. The molecule has 7 heteroatoms. The largest absolute Gasteiger partial charge is 0.484 e. The molecule has 2 aromatic carbocycles. The van der Waals surface area contributed by atoms with Crippen LogP contribution < -0.4 is 4.74 Å². The second kappa shape index (κ2) is 7.60. The van der Waals surface area contributed by atoms with Crippen LogP contribution >= 0.6 is 11.3 Å². The summed E-state index contributed by atoms with van der Waals surface area (Å²) in [5.74, 6) is -1.74. The number of benzene rings is 2. The van der Waals surface area contributed by atoms with Crippen molar-refractivity contribution < 1.29 is 18.3 Å². The summed E-state index contributed by atoms with van der Waals surface area (Å²) in [5, 5.41) is 1.05. The molecule has 0 radical (unpaired) electrons. The van der Waals surface area contributed by atoms with Gasteiger partial charge in [0.1, 0.15) is 5.75 Å². The molecule has 4 rings (SSSR count).